The molecular weight excluding hydrogens is 250 g/mol. The maximum Gasteiger partial charge on any atom is 0.191 e. The Morgan fingerprint density at radius 3 is 2.37 bits per heavy atom. The fraction of sp³-hybridized carbons (Fsp3) is 0.938. The summed E-state index contributed by atoms with van der Waals surface area (Å²) < 4.78 is 6.15. The van der Waals surface area contributed by atoms with Crippen LogP contribution >= 0.6 is 0 Å². The summed E-state index contributed by atoms with van der Waals surface area (Å²) in [5.41, 5.74) is 0. The largest absolute Gasteiger partial charge is 0.417 e. The molecule has 0 aromatic rings. The van der Waals surface area contributed by atoms with Gasteiger partial charge in [0, 0.05) is 19.4 Å². The van der Waals surface area contributed by atoms with Crippen molar-refractivity contribution in [1.82, 2.24) is 0 Å². The lowest BCUT2D eigenvalue weighted by Gasteiger charge is -2.36. The molecule has 19 heavy (non-hydrogen) atoms. The molecular formula is C16H33NOSi. The van der Waals surface area contributed by atoms with Gasteiger partial charge in [-0.05, 0) is 43.3 Å². The molecule has 0 bridgehead atoms. The Labute approximate surface area is 121 Å². The average molecular weight is 284 g/mol. The molecule has 0 aromatic carbocycles. The van der Waals surface area contributed by atoms with Crippen LogP contribution in [0.5, 0.6) is 0 Å². The van der Waals surface area contributed by atoms with E-state index >= 15 is 0 Å². The predicted molar refractivity (Wildman–Crippen MR) is 87.7 cm³/mol. The molecule has 0 atom stereocenters. The highest BCUT2D eigenvalue weighted by Crippen LogP contribution is 2.36. The highest BCUT2D eigenvalue weighted by Gasteiger charge is 2.36. The number of nitrogens with zero attached hydrogens (tertiary/aromatic N) is 1. The molecule has 1 aliphatic rings. The average Bonchev–Trinajstić information content (AvgIpc) is 2.33. The summed E-state index contributed by atoms with van der Waals surface area (Å²) >= 11 is 0. The second kappa shape index (κ2) is 7.58. The Balaban J connectivity index is 2.12. The zero-order valence-corrected chi connectivity index (χ0v) is 14.7. The van der Waals surface area contributed by atoms with Crippen molar-refractivity contribution in [2.45, 2.75) is 77.4 Å². The van der Waals surface area contributed by atoms with Crippen LogP contribution in [0.2, 0.25) is 18.1 Å². The van der Waals surface area contributed by atoms with E-state index in [1.165, 1.54) is 32.1 Å². The molecule has 0 spiro atoms. The maximum absolute atomic E-state index is 6.15. The molecule has 0 unspecified atom stereocenters. The minimum Gasteiger partial charge on any atom is -0.417 e. The first-order chi connectivity index (χ1) is 8.83. The molecule has 0 aliphatic heterocycles. The van der Waals surface area contributed by atoms with Crippen LogP contribution < -0.4 is 0 Å². The standard InChI is InChI=1S/C16H33NOSi/c1-16(2,3)19(4,5)18-13-9-12-17-14-15-10-7-6-8-11-15/h14-15H,6-13H2,1-5H3. The van der Waals surface area contributed by atoms with Crippen LogP contribution in [0, 0.1) is 5.92 Å². The third kappa shape index (κ3) is 6.22. The molecule has 0 heterocycles. The van der Waals surface area contributed by atoms with Gasteiger partial charge in [-0.3, -0.25) is 4.99 Å². The monoisotopic (exact) mass is 283 g/mol. The molecule has 0 amide bonds. The number of hydrogen-bond acceptors (Lipinski definition) is 2. The minimum atomic E-state index is -1.55. The van der Waals surface area contributed by atoms with Gasteiger partial charge in [-0.25, -0.2) is 0 Å². The Bertz CT molecular complexity index is 275. The second-order valence-corrected chi connectivity index (χ2v) is 12.2. The lowest BCUT2D eigenvalue weighted by atomic mass is 9.90. The molecule has 0 N–H and O–H groups in total. The van der Waals surface area contributed by atoms with Gasteiger partial charge >= 0.3 is 0 Å². The highest BCUT2D eigenvalue weighted by molar-refractivity contribution is 6.74. The van der Waals surface area contributed by atoms with E-state index in [2.05, 4.69) is 45.1 Å². The van der Waals surface area contributed by atoms with Gasteiger partial charge in [0.25, 0.3) is 0 Å². The van der Waals surface area contributed by atoms with Crippen LogP contribution in [0.15, 0.2) is 4.99 Å². The number of rotatable bonds is 6. The smallest absolute Gasteiger partial charge is 0.191 e. The lowest BCUT2D eigenvalue weighted by Crippen LogP contribution is -2.41. The molecule has 1 rings (SSSR count). The van der Waals surface area contributed by atoms with Gasteiger partial charge in [-0.1, -0.05) is 40.0 Å². The number of aliphatic imine (C=N–C) groups is 1. The van der Waals surface area contributed by atoms with Gasteiger partial charge in [-0.2, -0.15) is 0 Å². The van der Waals surface area contributed by atoms with Gasteiger partial charge < -0.3 is 4.43 Å². The molecule has 0 aromatic heterocycles. The van der Waals surface area contributed by atoms with E-state index in [4.69, 9.17) is 4.43 Å². The fourth-order valence-electron chi connectivity index (χ4n) is 2.21. The van der Waals surface area contributed by atoms with Gasteiger partial charge in [0.2, 0.25) is 0 Å². The quantitative estimate of drug-likeness (QED) is 0.380. The van der Waals surface area contributed by atoms with Crippen molar-refractivity contribution in [3.05, 3.63) is 0 Å². The van der Waals surface area contributed by atoms with Gasteiger partial charge in [0.05, 0.1) is 0 Å². The summed E-state index contributed by atoms with van der Waals surface area (Å²) in [6, 6.07) is 0. The summed E-state index contributed by atoms with van der Waals surface area (Å²) in [5.74, 6) is 0.759. The van der Waals surface area contributed by atoms with Crippen molar-refractivity contribution in [2.75, 3.05) is 13.2 Å². The molecule has 112 valence electrons. The van der Waals surface area contributed by atoms with E-state index < -0.39 is 8.32 Å². The summed E-state index contributed by atoms with van der Waals surface area (Å²) in [6.45, 7) is 13.3. The second-order valence-electron chi connectivity index (χ2n) is 7.42. The van der Waals surface area contributed by atoms with Crippen molar-refractivity contribution in [3.63, 3.8) is 0 Å². The van der Waals surface area contributed by atoms with Crippen LogP contribution in [0.1, 0.15) is 59.3 Å². The first-order valence-electron chi connectivity index (χ1n) is 7.97. The molecule has 0 saturated heterocycles. The van der Waals surface area contributed by atoms with Gasteiger partial charge in [-0.15, -0.1) is 0 Å². The van der Waals surface area contributed by atoms with Crippen molar-refractivity contribution in [1.29, 1.82) is 0 Å². The van der Waals surface area contributed by atoms with Crippen molar-refractivity contribution in [2.24, 2.45) is 10.9 Å². The first kappa shape index (κ1) is 16.9. The molecule has 3 heteroatoms. The normalized spacial score (nSPS) is 19.2. The van der Waals surface area contributed by atoms with Crippen LogP contribution in [-0.2, 0) is 4.43 Å². The Hall–Kier alpha value is -0.153. The zero-order chi connectivity index (χ0) is 14.4. The molecule has 1 saturated carbocycles. The molecule has 2 nitrogen and oxygen atoms in total. The minimum absolute atomic E-state index is 0.318. The third-order valence-electron chi connectivity index (χ3n) is 4.67. The maximum atomic E-state index is 6.15. The Kier molecular flexibility index (Phi) is 6.74. The fourth-order valence-corrected chi connectivity index (χ4v) is 3.29. The highest BCUT2D eigenvalue weighted by atomic mass is 28.4. The third-order valence-corrected chi connectivity index (χ3v) is 9.20. The van der Waals surface area contributed by atoms with Crippen molar-refractivity contribution < 1.29 is 4.43 Å². The summed E-state index contributed by atoms with van der Waals surface area (Å²) in [4.78, 5) is 4.59. The van der Waals surface area contributed by atoms with E-state index in [0.717, 1.165) is 25.5 Å². The summed E-state index contributed by atoms with van der Waals surface area (Å²) in [7, 11) is -1.55. The van der Waals surface area contributed by atoms with Gasteiger partial charge in [0.1, 0.15) is 0 Å². The summed E-state index contributed by atoms with van der Waals surface area (Å²) in [5, 5.41) is 0.318. The Morgan fingerprint density at radius 1 is 1.16 bits per heavy atom. The molecule has 0 radical (unpaired) electrons. The van der Waals surface area contributed by atoms with E-state index in [9.17, 15) is 0 Å². The Morgan fingerprint density at radius 2 is 1.79 bits per heavy atom. The van der Waals surface area contributed by atoms with E-state index in [-0.39, 0.29) is 0 Å². The van der Waals surface area contributed by atoms with Crippen molar-refractivity contribution >= 4 is 14.5 Å². The zero-order valence-electron chi connectivity index (χ0n) is 13.7. The van der Waals surface area contributed by atoms with E-state index in [1.54, 1.807) is 0 Å². The lowest BCUT2D eigenvalue weighted by molar-refractivity contribution is 0.285. The topological polar surface area (TPSA) is 21.6 Å². The van der Waals surface area contributed by atoms with Crippen LogP contribution in [0.4, 0.5) is 0 Å². The van der Waals surface area contributed by atoms with Crippen LogP contribution in [-0.4, -0.2) is 27.7 Å². The molecule has 1 fully saturated rings. The SMILES string of the molecule is CC(C)(C)[Si](C)(C)OCCCN=CC1CCCCC1. The predicted octanol–water partition coefficient (Wildman–Crippen LogP) is 5.05. The number of hydrogen-bond donors (Lipinski definition) is 0. The first-order valence-corrected chi connectivity index (χ1v) is 10.9. The van der Waals surface area contributed by atoms with E-state index in [1.807, 2.05) is 0 Å². The van der Waals surface area contributed by atoms with Crippen molar-refractivity contribution in [3.8, 4) is 0 Å². The van der Waals surface area contributed by atoms with Crippen LogP contribution in [0.3, 0.4) is 0 Å². The molecule has 1 aliphatic carbocycles. The summed E-state index contributed by atoms with van der Waals surface area (Å²) in [6.07, 6.45) is 10.2. The van der Waals surface area contributed by atoms with Gasteiger partial charge in [0.15, 0.2) is 8.32 Å². The van der Waals surface area contributed by atoms with E-state index in [0.29, 0.717) is 5.04 Å². The van der Waals surface area contributed by atoms with Crippen LogP contribution in [0.25, 0.3) is 0 Å².